The molecule has 4 aromatic carbocycles. The number of thioether (sulfide) groups is 1. The normalized spacial score (nSPS) is 21.0. The second-order valence-corrected chi connectivity index (χ2v) is 36.1. The molecule has 5 N–H and O–H groups in total. The maximum absolute atomic E-state index is 14.6. The number of likely N-dealkylation sites (tertiary alicyclic amines) is 1. The Kier molecular flexibility index (Phi) is 28.1. The number of carbonyl (C=O) groups is 4. The summed E-state index contributed by atoms with van der Waals surface area (Å²) in [5, 5.41) is 18.0. The van der Waals surface area contributed by atoms with Crippen LogP contribution in [0.2, 0.25) is 5.02 Å². The average Bonchev–Trinajstić information content (AvgIpc) is 1.03. The number of aliphatic hydroxyl groups excluding tert-OH is 1. The summed E-state index contributed by atoms with van der Waals surface area (Å²) < 4.78 is 112. The first-order valence-electron chi connectivity index (χ1n) is 36.2. The van der Waals surface area contributed by atoms with Gasteiger partial charge in [-0.05, 0) is 133 Å². The molecule has 29 heteroatoms. The number of amides is 4. The van der Waals surface area contributed by atoms with Gasteiger partial charge in [0.2, 0.25) is 17.7 Å². The molecule has 0 bridgehead atoms. The number of aromatic nitrogens is 1. The first kappa shape index (κ1) is 82.0. The lowest BCUT2D eigenvalue weighted by molar-refractivity contribution is -0.144. The summed E-state index contributed by atoms with van der Waals surface area (Å²) >= 11 is 9.31. The lowest BCUT2D eigenvalue weighted by atomic mass is 9.73. The molecular formula is C77H100ClF3N10O11S4. The maximum atomic E-state index is 14.6. The quantitative estimate of drug-likeness (QED) is 0.0259. The van der Waals surface area contributed by atoms with Crippen molar-refractivity contribution in [3.8, 4) is 10.4 Å². The average molecular weight is 1560 g/mol. The number of β-amino-alcohol motifs (C(OH)–C–C–N with tert-alkyl or cyclic N) is 1. The maximum Gasteiger partial charge on any atom is 0.498 e. The van der Waals surface area contributed by atoms with E-state index in [1.807, 2.05) is 85.3 Å². The zero-order valence-corrected chi connectivity index (χ0v) is 65.3. The number of sulfone groups is 1. The van der Waals surface area contributed by atoms with Gasteiger partial charge in [-0.3, -0.25) is 29.0 Å². The van der Waals surface area contributed by atoms with Crippen LogP contribution in [0, 0.1) is 17.8 Å². The Bertz CT molecular complexity index is 4150. The lowest BCUT2D eigenvalue weighted by Gasteiger charge is -2.39. The van der Waals surface area contributed by atoms with Crippen LogP contribution in [0.1, 0.15) is 112 Å². The minimum atomic E-state index is -6.03. The number of halogens is 4. The van der Waals surface area contributed by atoms with E-state index in [2.05, 4.69) is 66.5 Å². The number of anilines is 1. The van der Waals surface area contributed by atoms with E-state index >= 15 is 0 Å². The van der Waals surface area contributed by atoms with Crippen molar-refractivity contribution in [3.05, 3.63) is 170 Å². The Labute approximate surface area is 635 Å². The molecule has 0 radical (unpaired) electrons. The van der Waals surface area contributed by atoms with Gasteiger partial charge in [-0.1, -0.05) is 125 Å². The minimum Gasteiger partial charge on any atom is -0.391 e. The summed E-state index contributed by atoms with van der Waals surface area (Å²) in [5.74, 6) is -1.52. The first-order valence-corrected chi connectivity index (χ1v) is 41.6. The Balaban J connectivity index is 0.665. The number of benzene rings is 4. The van der Waals surface area contributed by atoms with Crippen LogP contribution < -0.4 is 25.6 Å². The Morgan fingerprint density at radius 3 is 2.11 bits per heavy atom. The third-order valence-electron chi connectivity index (χ3n) is 20.3. The molecule has 7 atom stereocenters. The smallest absolute Gasteiger partial charge is 0.391 e. The van der Waals surface area contributed by atoms with Crippen LogP contribution in [0.5, 0.6) is 0 Å². The fourth-order valence-corrected chi connectivity index (χ4v) is 18.6. The Morgan fingerprint density at radius 2 is 1.46 bits per heavy atom. The van der Waals surface area contributed by atoms with E-state index in [9.17, 15) is 54.3 Å². The number of aryl methyl sites for hydroxylation is 1. The first-order chi connectivity index (χ1) is 50.3. The number of allylic oxidation sites excluding steroid dienone is 2. The van der Waals surface area contributed by atoms with Crippen molar-refractivity contribution in [2.75, 3.05) is 116 Å². The minimum absolute atomic E-state index is 0.0183. The number of piperazine rings is 2. The van der Waals surface area contributed by atoms with Gasteiger partial charge < -0.3 is 45.2 Å². The van der Waals surface area contributed by atoms with E-state index < -0.39 is 101 Å². The summed E-state index contributed by atoms with van der Waals surface area (Å²) in [6, 6.07) is 27.5. The van der Waals surface area contributed by atoms with Gasteiger partial charge in [0.15, 0.2) is 0 Å². The summed E-state index contributed by atoms with van der Waals surface area (Å²) in [4.78, 5) is 70.0. The van der Waals surface area contributed by atoms with E-state index in [4.69, 9.17) is 21.1 Å². The number of thiazole rings is 1. The second-order valence-electron chi connectivity index (χ2n) is 30.0. The molecule has 106 heavy (non-hydrogen) atoms. The molecule has 4 amide bonds. The molecule has 21 nitrogen and oxygen atoms in total. The van der Waals surface area contributed by atoms with Crippen LogP contribution in [0.4, 0.5) is 18.9 Å². The van der Waals surface area contributed by atoms with Gasteiger partial charge in [-0.25, -0.2) is 26.5 Å². The Hall–Kier alpha value is -6.54. The molecule has 3 saturated heterocycles. The molecule has 0 spiro atoms. The molecule has 3 aliphatic heterocycles. The van der Waals surface area contributed by atoms with E-state index in [1.54, 1.807) is 49.8 Å². The van der Waals surface area contributed by atoms with E-state index in [1.165, 1.54) is 45.5 Å². The van der Waals surface area contributed by atoms with E-state index in [0.29, 0.717) is 88.0 Å². The predicted molar refractivity (Wildman–Crippen MR) is 412 cm³/mol. The fourth-order valence-electron chi connectivity index (χ4n) is 14.2. The standard InChI is InChI=1S/C77H100ClF3N10O11S4/c1-52(55-13-15-57(16-14-55)70-53(2)82-51-104-70)83-73(95)67-43-63(92)47-91(67)74(96)71(75(3,4)5)85-69(93)48-102-42-41-101-40-39-88-33-31-87(32-34-88)30-28-61(50-103-49-54-11-9-8-10-12-54)84-66-26-25-64(44-68(66)105(97,98)77(79,80)81)106(99,100)86-72(94)58-19-23-62(24-20-58)90-37-35-89(36-38-90)46-59-45-76(6,7)29-27-65(59)56-17-21-60(78)22-18-56/h8-26,44,51-52,61,63,66-68,71,84,92H,27-43,45-50H2,1-7H3,(H,83,95)(H,85,93)(H,86,94)/t52-,61?,63+,66?,67-,68?,71+/m0/s1. The molecule has 576 valence electrons. The van der Waals surface area contributed by atoms with E-state index in [-0.39, 0.29) is 43.8 Å². The number of hydrogen-bond donors (Lipinski definition) is 5. The zero-order chi connectivity index (χ0) is 76.1. The summed E-state index contributed by atoms with van der Waals surface area (Å²) in [7, 11) is -10.9. The van der Waals surface area contributed by atoms with Crippen molar-refractivity contribution in [2.24, 2.45) is 10.8 Å². The third-order valence-corrected chi connectivity index (χ3v) is 25.9. The van der Waals surface area contributed by atoms with Crippen LogP contribution >= 0.6 is 34.7 Å². The molecule has 5 aromatic rings. The highest BCUT2D eigenvalue weighted by Gasteiger charge is 2.53. The van der Waals surface area contributed by atoms with Crippen LogP contribution in [0.15, 0.2) is 137 Å². The largest absolute Gasteiger partial charge is 0.498 e. The second kappa shape index (κ2) is 36.3. The summed E-state index contributed by atoms with van der Waals surface area (Å²) in [5.41, 5.74) is 4.14. The van der Waals surface area contributed by atoms with Crippen LogP contribution in [-0.2, 0) is 49.5 Å². The van der Waals surface area contributed by atoms with Crippen molar-refractivity contribution in [1.82, 2.24) is 45.3 Å². The highest BCUT2D eigenvalue weighted by Crippen LogP contribution is 2.43. The molecule has 10 rings (SSSR count). The number of ether oxygens (including phenoxy) is 2. The van der Waals surface area contributed by atoms with Gasteiger partial charge in [0.1, 0.15) is 23.9 Å². The number of rotatable bonds is 31. The predicted octanol–water partition coefficient (Wildman–Crippen LogP) is 10.0. The Morgan fingerprint density at radius 1 is 0.811 bits per heavy atom. The van der Waals surface area contributed by atoms with Crippen molar-refractivity contribution in [1.29, 1.82) is 0 Å². The van der Waals surface area contributed by atoms with Gasteiger partial charge in [-0.15, -0.1) is 11.3 Å². The SMILES string of the molecule is Cc1ncsc1-c1ccc([C@H](C)NC(=O)[C@@H]2C[C@@H](O)CN2C(=O)[C@@H](NC(=O)COCCOCCN2CCN(CCC(CSCc3ccccc3)NC3C=CC(S(=O)(=O)NC(=O)c4ccc(N5CCN(CC6=C(c7ccc(Cl)cc7)CCC(C)(C)C6)CC5)cc4)=CC3S(=O)(=O)C(F)(F)F)CC2)C(C)(C)C)cc1. The number of sulfonamides is 1. The summed E-state index contributed by atoms with van der Waals surface area (Å²) in [6.07, 6.45) is 5.35. The molecular weight excluding hydrogens is 1460 g/mol. The molecule has 0 saturated carbocycles. The molecule has 1 aromatic heterocycles. The number of nitrogens with zero attached hydrogens (tertiary/aromatic N) is 6. The van der Waals surface area contributed by atoms with Gasteiger partial charge in [0.05, 0.1) is 53.0 Å². The number of carbonyl (C=O) groups excluding carboxylic acids is 4. The van der Waals surface area contributed by atoms with Crippen molar-refractivity contribution in [2.45, 2.75) is 133 Å². The van der Waals surface area contributed by atoms with Crippen molar-refractivity contribution in [3.63, 3.8) is 0 Å². The van der Waals surface area contributed by atoms with Crippen LogP contribution in [0.3, 0.4) is 0 Å². The fraction of sp³-hybridized carbons (Fsp3) is 0.519. The van der Waals surface area contributed by atoms with Gasteiger partial charge in [0, 0.05) is 118 Å². The number of aliphatic hydroxyl groups is 1. The van der Waals surface area contributed by atoms with Crippen LogP contribution in [0.25, 0.3) is 16.0 Å². The van der Waals surface area contributed by atoms with Gasteiger partial charge in [0.25, 0.3) is 25.8 Å². The number of hydrogen-bond acceptors (Lipinski definition) is 19. The molecule has 3 unspecified atom stereocenters. The third kappa shape index (κ3) is 22.1. The monoisotopic (exact) mass is 1560 g/mol. The molecule has 4 heterocycles. The zero-order valence-electron chi connectivity index (χ0n) is 61.3. The number of alkyl halides is 3. The molecule has 5 aliphatic rings. The molecule has 2 aliphatic carbocycles. The highest BCUT2D eigenvalue weighted by molar-refractivity contribution is 7.98. The topological polar surface area (TPSA) is 252 Å². The van der Waals surface area contributed by atoms with Crippen molar-refractivity contribution < 1.29 is 63.8 Å². The highest BCUT2D eigenvalue weighted by atomic mass is 35.5. The van der Waals surface area contributed by atoms with Crippen LogP contribution in [-0.4, -0.2) is 222 Å². The van der Waals surface area contributed by atoms with Crippen molar-refractivity contribution >= 4 is 89.4 Å². The van der Waals surface area contributed by atoms with Gasteiger partial charge in [-0.2, -0.15) is 24.9 Å². The summed E-state index contributed by atoms with van der Waals surface area (Å²) in [6.45, 7) is 21.8. The molecule has 3 fully saturated rings. The van der Waals surface area contributed by atoms with E-state index in [0.717, 1.165) is 84.0 Å². The number of nitrogens with one attached hydrogen (secondary N) is 4. The van der Waals surface area contributed by atoms with Gasteiger partial charge >= 0.3 is 5.51 Å². The lowest BCUT2D eigenvalue weighted by Crippen LogP contribution is -2.58.